The number of rotatable bonds is 6. The molecule has 1 aliphatic rings. The van der Waals surface area contributed by atoms with Gasteiger partial charge in [0, 0.05) is 24.3 Å². The van der Waals surface area contributed by atoms with Crippen LogP contribution in [0.3, 0.4) is 0 Å². The molecule has 0 spiro atoms. The summed E-state index contributed by atoms with van der Waals surface area (Å²) in [5, 5.41) is 3.84. The molecule has 3 nitrogen and oxygen atoms in total. The van der Waals surface area contributed by atoms with E-state index in [-0.39, 0.29) is 12.4 Å². The summed E-state index contributed by atoms with van der Waals surface area (Å²) < 4.78 is 19.0. The Morgan fingerprint density at radius 1 is 1.33 bits per heavy atom. The number of halogens is 2. The van der Waals surface area contributed by atoms with Crippen molar-refractivity contribution in [3.63, 3.8) is 0 Å². The molecule has 0 radical (unpaired) electrons. The molecule has 21 heavy (non-hydrogen) atoms. The molecule has 0 atom stereocenters. The monoisotopic (exact) mass is 306 g/mol. The third kappa shape index (κ3) is 3.93. The molecule has 0 bridgehead atoms. The first-order valence-corrected chi connectivity index (χ1v) is 7.34. The van der Waals surface area contributed by atoms with Gasteiger partial charge in [0.15, 0.2) is 0 Å². The zero-order valence-corrected chi connectivity index (χ0v) is 12.2. The number of hydrogen-bond donors (Lipinski definition) is 1. The quantitative estimate of drug-likeness (QED) is 0.883. The number of hydrogen-bond acceptors (Lipinski definition) is 3. The van der Waals surface area contributed by atoms with E-state index in [1.54, 1.807) is 24.4 Å². The number of benzene rings is 1. The molecule has 0 unspecified atom stereocenters. The molecular formula is C16H16ClFN2O. The summed E-state index contributed by atoms with van der Waals surface area (Å²) in [6, 6.07) is 8.97. The second kappa shape index (κ2) is 6.41. The number of ether oxygens (including phenoxy) is 1. The van der Waals surface area contributed by atoms with Crippen molar-refractivity contribution in [2.75, 3.05) is 0 Å². The fraction of sp³-hybridized carbons (Fsp3) is 0.312. The standard InChI is InChI=1S/C16H16ClFN2O/c17-14-7-11(8-19-13-5-6-13)9-20-16(14)21-10-12-3-1-2-4-15(12)18/h1-4,7,9,13,19H,5-6,8,10H2. The van der Waals surface area contributed by atoms with Crippen LogP contribution in [0.25, 0.3) is 0 Å². The van der Waals surface area contributed by atoms with E-state index in [9.17, 15) is 4.39 Å². The lowest BCUT2D eigenvalue weighted by molar-refractivity contribution is 0.288. The van der Waals surface area contributed by atoms with Crippen molar-refractivity contribution in [2.45, 2.75) is 32.0 Å². The van der Waals surface area contributed by atoms with E-state index in [0.717, 1.165) is 12.1 Å². The van der Waals surface area contributed by atoms with Crippen molar-refractivity contribution < 1.29 is 9.13 Å². The first-order valence-electron chi connectivity index (χ1n) is 6.96. The second-order valence-corrected chi connectivity index (χ2v) is 5.57. The van der Waals surface area contributed by atoms with Gasteiger partial charge in [0.1, 0.15) is 17.4 Å². The van der Waals surface area contributed by atoms with E-state index in [4.69, 9.17) is 16.3 Å². The second-order valence-electron chi connectivity index (χ2n) is 5.17. The van der Waals surface area contributed by atoms with Crippen LogP contribution in [0.1, 0.15) is 24.0 Å². The molecule has 0 amide bonds. The zero-order valence-electron chi connectivity index (χ0n) is 11.5. The third-order valence-corrected chi connectivity index (χ3v) is 3.63. The lowest BCUT2D eigenvalue weighted by atomic mass is 10.2. The Kier molecular flexibility index (Phi) is 4.36. The predicted octanol–water partition coefficient (Wildman–Crippen LogP) is 3.71. The largest absolute Gasteiger partial charge is 0.472 e. The maximum atomic E-state index is 13.5. The van der Waals surface area contributed by atoms with Gasteiger partial charge in [0.25, 0.3) is 0 Å². The molecular weight excluding hydrogens is 291 g/mol. The van der Waals surface area contributed by atoms with Gasteiger partial charge in [-0.1, -0.05) is 29.8 Å². The SMILES string of the molecule is Fc1ccccc1COc1ncc(CNC2CC2)cc1Cl. The Balaban J connectivity index is 1.61. The van der Waals surface area contributed by atoms with Gasteiger partial charge in [-0.05, 0) is 30.5 Å². The van der Waals surface area contributed by atoms with Crippen molar-refractivity contribution in [1.82, 2.24) is 10.3 Å². The highest BCUT2D eigenvalue weighted by Gasteiger charge is 2.20. The molecule has 1 aliphatic carbocycles. The van der Waals surface area contributed by atoms with E-state index in [2.05, 4.69) is 10.3 Å². The van der Waals surface area contributed by atoms with Crippen LogP contribution in [0.2, 0.25) is 5.02 Å². The molecule has 1 heterocycles. The lowest BCUT2D eigenvalue weighted by Crippen LogP contribution is -2.15. The van der Waals surface area contributed by atoms with Gasteiger partial charge in [-0.2, -0.15) is 0 Å². The number of aromatic nitrogens is 1. The van der Waals surface area contributed by atoms with Crippen LogP contribution in [0.5, 0.6) is 5.88 Å². The lowest BCUT2D eigenvalue weighted by Gasteiger charge is -2.09. The molecule has 1 N–H and O–H groups in total. The first-order chi connectivity index (χ1) is 10.2. The summed E-state index contributed by atoms with van der Waals surface area (Å²) in [6.45, 7) is 0.865. The van der Waals surface area contributed by atoms with Crippen molar-refractivity contribution in [3.8, 4) is 5.88 Å². The molecule has 0 aliphatic heterocycles. The van der Waals surface area contributed by atoms with Crippen LogP contribution in [0.15, 0.2) is 36.5 Å². The van der Waals surface area contributed by atoms with E-state index in [1.807, 2.05) is 6.07 Å². The van der Waals surface area contributed by atoms with Crippen molar-refractivity contribution in [2.24, 2.45) is 0 Å². The smallest absolute Gasteiger partial charge is 0.232 e. The third-order valence-electron chi connectivity index (χ3n) is 3.36. The van der Waals surface area contributed by atoms with E-state index in [0.29, 0.717) is 22.5 Å². The minimum Gasteiger partial charge on any atom is -0.472 e. The van der Waals surface area contributed by atoms with Crippen LogP contribution < -0.4 is 10.1 Å². The highest BCUT2D eigenvalue weighted by atomic mass is 35.5. The molecule has 110 valence electrons. The molecule has 1 aromatic carbocycles. The van der Waals surface area contributed by atoms with Crippen LogP contribution in [-0.2, 0) is 13.2 Å². The molecule has 5 heteroatoms. The van der Waals surface area contributed by atoms with Gasteiger partial charge in [0.05, 0.1) is 0 Å². The Labute approximate surface area is 128 Å². The molecule has 1 fully saturated rings. The maximum Gasteiger partial charge on any atom is 0.232 e. The fourth-order valence-electron chi connectivity index (χ4n) is 1.98. The summed E-state index contributed by atoms with van der Waals surface area (Å²) >= 11 is 6.16. The zero-order chi connectivity index (χ0) is 14.7. The maximum absolute atomic E-state index is 13.5. The Hall–Kier alpha value is -1.65. The Morgan fingerprint density at radius 3 is 2.86 bits per heavy atom. The number of pyridine rings is 1. The highest BCUT2D eigenvalue weighted by molar-refractivity contribution is 6.31. The van der Waals surface area contributed by atoms with Crippen molar-refractivity contribution >= 4 is 11.6 Å². The van der Waals surface area contributed by atoms with E-state index < -0.39 is 0 Å². The van der Waals surface area contributed by atoms with Crippen LogP contribution in [-0.4, -0.2) is 11.0 Å². The summed E-state index contributed by atoms with van der Waals surface area (Å²) in [4.78, 5) is 4.20. The molecule has 2 aromatic rings. The summed E-state index contributed by atoms with van der Waals surface area (Å²) in [6.07, 6.45) is 4.22. The molecule has 0 saturated heterocycles. The fourth-order valence-corrected chi connectivity index (χ4v) is 2.22. The first kappa shape index (κ1) is 14.3. The molecule has 3 rings (SSSR count). The Bertz CT molecular complexity index is 631. The summed E-state index contributed by atoms with van der Waals surface area (Å²) in [7, 11) is 0. The minimum atomic E-state index is -0.293. The van der Waals surface area contributed by atoms with Crippen LogP contribution in [0, 0.1) is 5.82 Å². The van der Waals surface area contributed by atoms with Gasteiger partial charge in [-0.3, -0.25) is 0 Å². The van der Waals surface area contributed by atoms with Gasteiger partial charge in [-0.15, -0.1) is 0 Å². The molecule has 1 saturated carbocycles. The van der Waals surface area contributed by atoms with E-state index in [1.165, 1.54) is 18.9 Å². The van der Waals surface area contributed by atoms with Crippen LogP contribution >= 0.6 is 11.6 Å². The average Bonchev–Trinajstić information content (AvgIpc) is 3.30. The normalized spacial score (nSPS) is 14.2. The number of nitrogens with zero attached hydrogens (tertiary/aromatic N) is 1. The van der Waals surface area contributed by atoms with Gasteiger partial charge in [-0.25, -0.2) is 9.37 Å². The molecule has 1 aromatic heterocycles. The van der Waals surface area contributed by atoms with Gasteiger partial charge < -0.3 is 10.1 Å². The van der Waals surface area contributed by atoms with Gasteiger partial charge >= 0.3 is 0 Å². The van der Waals surface area contributed by atoms with Crippen LogP contribution in [0.4, 0.5) is 4.39 Å². The Morgan fingerprint density at radius 2 is 2.14 bits per heavy atom. The summed E-state index contributed by atoms with van der Waals surface area (Å²) in [5.41, 5.74) is 1.50. The van der Waals surface area contributed by atoms with Crippen molar-refractivity contribution in [3.05, 3.63) is 58.5 Å². The highest BCUT2D eigenvalue weighted by Crippen LogP contribution is 2.25. The van der Waals surface area contributed by atoms with Gasteiger partial charge in [0.2, 0.25) is 5.88 Å². The van der Waals surface area contributed by atoms with Crippen molar-refractivity contribution in [1.29, 1.82) is 0 Å². The number of nitrogens with one attached hydrogen (secondary N) is 1. The minimum absolute atomic E-state index is 0.110. The predicted molar refractivity (Wildman–Crippen MR) is 79.8 cm³/mol. The average molecular weight is 307 g/mol. The van der Waals surface area contributed by atoms with E-state index >= 15 is 0 Å². The summed E-state index contributed by atoms with van der Waals surface area (Å²) in [5.74, 6) is 0.0361. The topological polar surface area (TPSA) is 34.1 Å².